The van der Waals surface area contributed by atoms with Crippen LogP contribution in [0.1, 0.15) is 44.6 Å². The summed E-state index contributed by atoms with van der Waals surface area (Å²) in [5, 5.41) is 0.947. The van der Waals surface area contributed by atoms with Crippen molar-refractivity contribution in [1.82, 2.24) is 9.88 Å². The van der Waals surface area contributed by atoms with E-state index in [2.05, 4.69) is 30.9 Å². The molecule has 0 aliphatic carbocycles. The van der Waals surface area contributed by atoms with E-state index in [1.807, 2.05) is 30.3 Å². The standard InChI is InChI=1S/C25H27N3O2S/c1-3-18-6-4-5-13-27(18)21-15-23(29)28(25(21)30)19-10-8-17(9-11-19)24-26-20-12-7-16(2)14-22(20)31-24/h7-12,14,18,21H,3-6,13,15H2,1-2H3/t18-,21-/m1/s1. The highest BCUT2D eigenvalue weighted by Crippen LogP contribution is 2.34. The Morgan fingerprint density at radius 1 is 1.10 bits per heavy atom. The molecule has 2 atom stereocenters. The van der Waals surface area contributed by atoms with E-state index in [0.29, 0.717) is 11.7 Å². The van der Waals surface area contributed by atoms with Crippen molar-refractivity contribution in [3.8, 4) is 10.6 Å². The number of benzene rings is 2. The van der Waals surface area contributed by atoms with Gasteiger partial charge in [0.2, 0.25) is 5.91 Å². The van der Waals surface area contributed by atoms with Gasteiger partial charge in [0, 0.05) is 11.6 Å². The maximum Gasteiger partial charge on any atom is 0.251 e. The molecule has 2 aromatic carbocycles. The molecular formula is C25H27N3O2S. The molecule has 0 saturated carbocycles. The first-order chi connectivity index (χ1) is 15.0. The van der Waals surface area contributed by atoms with Gasteiger partial charge in [-0.25, -0.2) is 9.88 Å². The Morgan fingerprint density at radius 3 is 2.68 bits per heavy atom. The van der Waals surface area contributed by atoms with Crippen LogP contribution in [0.2, 0.25) is 0 Å². The third-order valence-corrected chi connectivity index (χ3v) is 7.65. The highest BCUT2D eigenvalue weighted by atomic mass is 32.1. The van der Waals surface area contributed by atoms with Crippen molar-refractivity contribution in [2.24, 2.45) is 0 Å². The minimum absolute atomic E-state index is 0.0754. The summed E-state index contributed by atoms with van der Waals surface area (Å²) in [7, 11) is 0. The van der Waals surface area contributed by atoms with Gasteiger partial charge in [0.15, 0.2) is 0 Å². The number of carbonyl (C=O) groups excluding carboxylic acids is 2. The molecule has 31 heavy (non-hydrogen) atoms. The summed E-state index contributed by atoms with van der Waals surface area (Å²) in [5.74, 6) is -0.174. The molecule has 0 bridgehead atoms. The molecule has 5 rings (SSSR count). The summed E-state index contributed by atoms with van der Waals surface area (Å²) < 4.78 is 1.17. The summed E-state index contributed by atoms with van der Waals surface area (Å²) in [6.45, 7) is 5.16. The molecule has 2 amide bonds. The molecular weight excluding hydrogens is 406 g/mol. The van der Waals surface area contributed by atoms with E-state index in [1.165, 1.54) is 21.6 Å². The summed E-state index contributed by atoms with van der Waals surface area (Å²) in [6, 6.07) is 14.0. The number of likely N-dealkylation sites (tertiary alicyclic amines) is 1. The molecule has 1 aromatic heterocycles. The van der Waals surface area contributed by atoms with Crippen molar-refractivity contribution in [3.05, 3.63) is 48.0 Å². The van der Waals surface area contributed by atoms with Gasteiger partial charge in [0.1, 0.15) is 5.01 Å². The third-order valence-electron chi connectivity index (χ3n) is 6.58. The predicted octanol–water partition coefficient (Wildman–Crippen LogP) is 5.17. The van der Waals surface area contributed by atoms with E-state index >= 15 is 0 Å². The predicted molar refractivity (Wildman–Crippen MR) is 125 cm³/mol. The zero-order valence-corrected chi connectivity index (χ0v) is 18.8. The number of carbonyl (C=O) groups is 2. The van der Waals surface area contributed by atoms with Crippen molar-refractivity contribution >= 4 is 39.1 Å². The number of aromatic nitrogens is 1. The van der Waals surface area contributed by atoms with Crippen LogP contribution >= 0.6 is 11.3 Å². The average molecular weight is 434 g/mol. The Morgan fingerprint density at radius 2 is 1.90 bits per heavy atom. The van der Waals surface area contributed by atoms with Crippen LogP contribution in [-0.2, 0) is 9.59 Å². The SMILES string of the molecule is CC[C@@H]1CCCCN1[C@@H]1CC(=O)N(c2ccc(-c3nc4ccc(C)cc4s3)cc2)C1=O. The lowest BCUT2D eigenvalue weighted by Crippen LogP contribution is -2.49. The number of thiazole rings is 1. The molecule has 0 N–H and O–H groups in total. The van der Waals surface area contributed by atoms with Gasteiger partial charge in [-0.3, -0.25) is 14.5 Å². The van der Waals surface area contributed by atoms with E-state index in [1.54, 1.807) is 11.3 Å². The van der Waals surface area contributed by atoms with Crippen LogP contribution in [0.15, 0.2) is 42.5 Å². The largest absolute Gasteiger partial charge is 0.289 e. The van der Waals surface area contributed by atoms with Crippen LogP contribution in [0.25, 0.3) is 20.8 Å². The monoisotopic (exact) mass is 433 g/mol. The second-order valence-electron chi connectivity index (χ2n) is 8.62. The molecule has 2 fully saturated rings. The number of imide groups is 1. The van der Waals surface area contributed by atoms with Crippen LogP contribution in [0.3, 0.4) is 0 Å². The summed E-state index contributed by atoms with van der Waals surface area (Å²) >= 11 is 1.66. The number of rotatable bonds is 4. The van der Waals surface area contributed by atoms with E-state index in [9.17, 15) is 9.59 Å². The zero-order chi connectivity index (χ0) is 21.5. The van der Waals surface area contributed by atoms with Gasteiger partial charge in [0.05, 0.1) is 28.4 Å². The fourth-order valence-corrected chi connectivity index (χ4v) is 6.00. The van der Waals surface area contributed by atoms with Crippen molar-refractivity contribution in [3.63, 3.8) is 0 Å². The molecule has 160 valence electrons. The first-order valence-corrected chi connectivity index (χ1v) is 12.0. The van der Waals surface area contributed by atoms with Gasteiger partial charge in [-0.15, -0.1) is 11.3 Å². The number of nitrogens with zero attached hydrogens (tertiary/aromatic N) is 3. The molecule has 0 unspecified atom stereocenters. The second kappa shape index (κ2) is 8.17. The van der Waals surface area contributed by atoms with Gasteiger partial charge < -0.3 is 0 Å². The molecule has 3 aromatic rings. The molecule has 5 nitrogen and oxygen atoms in total. The first kappa shape index (κ1) is 20.3. The quantitative estimate of drug-likeness (QED) is 0.533. The van der Waals surface area contributed by atoms with Crippen molar-refractivity contribution in [1.29, 1.82) is 0 Å². The molecule has 0 radical (unpaired) electrons. The lowest BCUT2D eigenvalue weighted by molar-refractivity contribution is -0.123. The highest BCUT2D eigenvalue weighted by Gasteiger charge is 2.44. The average Bonchev–Trinajstić information content (AvgIpc) is 3.33. The van der Waals surface area contributed by atoms with E-state index in [0.717, 1.165) is 41.9 Å². The highest BCUT2D eigenvalue weighted by molar-refractivity contribution is 7.21. The minimum Gasteiger partial charge on any atom is -0.289 e. The third kappa shape index (κ3) is 3.68. The lowest BCUT2D eigenvalue weighted by Gasteiger charge is -2.38. The Kier molecular flexibility index (Phi) is 5.36. The molecule has 6 heteroatoms. The number of hydrogen-bond acceptors (Lipinski definition) is 5. The summed E-state index contributed by atoms with van der Waals surface area (Å²) in [6.07, 6.45) is 4.73. The van der Waals surface area contributed by atoms with E-state index < -0.39 is 0 Å². The number of amides is 2. The maximum atomic E-state index is 13.2. The van der Waals surface area contributed by atoms with Crippen LogP contribution in [-0.4, -0.2) is 40.3 Å². The fourth-order valence-electron chi connectivity index (χ4n) is 4.93. The van der Waals surface area contributed by atoms with Crippen LogP contribution < -0.4 is 4.90 Å². The number of fused-ring (bicyclic) bond motifs is 1. The lowest BCUT2D eigenvalue weighted by atomic mass is 9.97. The Hall–Kier alpha value is -2.57. The first-order valence-electron chi connectivity index (χ1n) is 11.2. The van der Waals surface area contributed by atoms with Gasteiger partial charge >= 0.3 is 0 Å². The van der Waals surface area contributed by atoms with E-state index in [4.69, 9.17) is 4.98 Å². The van der Waals surface area contributed by atoms with Gasteiger partial charge in [0.25, 0.3) is 5.91 Å². The summed E-state index contributed by atoms with van der Waals surface area (Å²) in [5.41, 5.74) is 3.87. The number of piperidine rings is 1. The molecule has 0 spiro atoms. The van der Waals surface area contributed by atoms with Crippen LogP contribution in [0.5, 0.6) is 0 Å². The van der Waals surface area contributed by atoms with Crippen LogP contribution in [0.4, 0.5) is 5.69 Å². The van der Waals surface area contributed by atoms with Gasteiger partial charge in [-0.1, -0.05) is 19.4 Å². The zero-order valence-electron chi connectivity index (χ0n) is 18.0. The smallest absolute Gasteiger partial charge is 0.251 e. The normalized spacial score (nSPS) is 22.6. The van der Waals surface area contributed by atoms with Crippen molar-refractivity contribution in [2.75, 3.05) is 11.4 Å². The number of hydrogen-bond donors (Lipinski definition) is 0. The van der Waals surface area contributed by atoms with Gasteiger partial charge in [-0.2, -0.15) is 0 Å². The van der Waals surface area contributed by atoms with Gasteiger partial charge in [-0.05, 0) is 74.7 Å². The Balaban J connectivity index is 1.38. The second-order valence-corrected chi connectivity index (χ2v) is 9.65. The van der Waals surface area contributed by atoms with Crippen LogP contribution in [0, 0.1) is 6.92 Å². The molecule has 2 aliphatic heterocycles. The van der Waals surface area contributed by atoms with Crippen molar-refractivity contribution < 1.29 is 9.59 Å². The molecule has 2 saturated heterocycles. The fraction of sp³-hybridized carbons (Fsp3) is 0.400. The Bertz CT molecular complexity index is 1140. The van der Waals surface area contributed by atoms with E-state index in [-0.39, 0.29) is 24.3 Å². The maximum absolute atomic E-state index is 13.2. The molecule has 3 heterocycles. The number of anilines is 1. The number of aryl methyl sites for hydroxylation is 1. The topological polar surface area (TPSA) is 53.5 Å². The Labute approximate surface area is 186 Å². The molecule has 2 aliphatic rings. The minimum atomic E-state index is -0.315. The summed E-state index contributed by atoms with van der Waals surface area (Å²) in [4.78, 5) is 34.4. The van der Waals surface area contributed by atoms with Crippen molar-refractivity contribution in [2.45, 2.75) is 58.0 Å².